The highest BCUT2D eigenvalue weighted by molar-refractivity contribution is 6.34. The van der Waals surface area contributed by atoms with E-state index in [1.807, 2.05) is 12.1 Å². The average molecular weight is 256 g/mol. The predicted molar refractivity (Wildman–Crippen MR) is 70.6 cm³/mol. The molecule has 1 aliphatic rings. The summed E-state index contributed by atoms with van der Waals surface area (Å²) in [5, 5.41) is 9.54. The lowest BCUT2D eigenvalue weighted by Crippen LogP contribution is -2.03. The monoisotopic (exact) mass is 256 g/mol. The van der Waals surface area contributed by atoms with Crippen LogP contribution >= 0.6 is 0 Å². The van der Waals surface area contributed by atoms with Crippen LogP contribution in [0.25, 0.3) is 11.6 Å². The summed E-state index contributed by atoms with van der Waals surface area (Å²) in [5.41, 5.74) is 2.10. The number of amides is 1. The molecule has 19 heavy (non-hydrogen) atoms. The number of nitrogens with zero attached hydrogens (tertiary/aromatic N) is 2. The van der Waals surface area contributed by atoms with Crippen LogP contribution in [0.4, 0.5) is 5.69 Å². The number of carbonyl (C=O) groups is 1. The minimum absolute atomic E-state index is 0.161. The first-order valence-corrected chi connectivity index (χ1v) is 5.78. The lowest BCUT2D eigenvalue weighted by Gasteiger charge is -2.02. The molecular formula is C13H12N4O2. The third-order valence-electron chi connectivity index (χ3n) is 2.90. The van der Waals surface area contributed by atoms with Crippen molar-refractivity contribution < 1.29 is 9.53 Å². The van der Waals surface area contributed by atoms with Crippen molar-refractivity contribution in [2.75, 3.05) is 12.4 Å². The molecule has 2 N–H and O–H groups in total. The first-order chi connectivity index (χ1) is 9.17. The number of carbonyl (C=O) groups excluding carboxylic acids is 1. The van der Waals surface area contributed by atoms with E-state index >= 15 is 0 Å². The molecule has 0 aliphatic carbocycles. The second-order valence-corrected chi connectivity index (χ2v) is 4.20. The van der Waals surface area contributed by atoms with Crippen molar-refractivity contribution in [3.8, 4) is 5.75 Å². The highest BCUT2D eigenvalue weighted by Gasteiger charge is 2.25. The number of hydrogen-bond acceptors (Lipinski definition) is 4. The first-order valence-electron chi connectivity index (χ1n) is 5.78. The topological polar surface area (TPSA) is 79.9 Å². The lowest BCUT2D eigenvalue weighted by molar-refractivity contribution is -0.110. The van der Waals surface area contributed by atoms with Gasteiger partial charge in [0.1, 0.15) is 11.6 Å². The number of anilines is 1. The molecule has 0 spiro atoms. The maximum atomic E-state index is 12.0. The Morgan fingerprint density at radius 2 is 2.21 bits per heavy atom. The number of methoxy groups -OCH3 is 1. The van der Waals surface area contributed by atoms with Crippen LogP contribution in [0.2, 0.25) is 0 Å². The van der Waals surface area contributed by atoms with Crippen molar-refractivity contribution in [3.05, 3.63) is 35.4 Å². The van der Waals surface area contributed by atoms with Crippen molar-refractivity contribution >= 4 is 23.2 Å². The van der Waals surface area contributed by atoms with Crippen LogP contribution in [-0.2, 0) is 4.79 Å². The number of nitrogens with one attached hydrogen (secondary N) is 2. The molecular weight excluding hydrogens is 244 g/mol. The van der Waals surface area contributed by atoms with Gasteiger partial charge in [0, 0.05) is 11.3 Å². The molecule has 1 aromatic carbocycles. The Morgan fingerprint density at radius 1 is 1.37 bits per heavy atom. The first kappa shape index (κ1) is 11.5. The number of fused-ring (bicyclic) bond motifs is 1. The van der Waals surface area contributed by atoms with Crippen molar-refractivity contribution in [1.82, 2.24) is 15.2 Å². The van der Waals surface area contributed by atoms with E-state index < -0.39 is 0 Å². The van der Waals surface area contributed by atoms with Crippen LogP contribution in [0.5, 0.6) is 5.75 Å². The molecule has 2 heterocycles. The number of ether oxygens (including phenoxy) is 1. The van der Waals surface area contributed by atoms with Gasteiger partial charge in [0.2, 0.25) is 0 Å². The number of benzene rings is 1. The summed E-state index contributed by atoms with van der Waals surface area (Å²) in [7, 11) is 1.59. The summed E-state index contributed by atoms with van der Waals surface area (Å²) in [6.45, 7) is 1.81. The van der Waals surface area contributed by atoms with Crippen LogP contribution in [0.3, 0.4) is 0 Å². The zero-order valence-corrected chi connectivity index (χ0v) is 10.5. The molecule has 0 saturated carbocycles. The van der Waals surface area contributed by atoms with E-state index in [2.05, 4.69) is 20.5 Å². The molecule has 2 aromatic rings. The maximum absolute atomic E-state index is 12.0. The molecule has 3 rings (SSSR count). The SMILES string of the molecule is COc1ccc2c(c1)/C(=C/c1n[nH]c(C)n1)C(=O)N2. The molecule has 0 atom stereocenters. The predicted octanol–water partition coefficient (Wildman–Crippen LogP) is 1.61. The molecule has 1 amide bonds. The van der Waals surface area contributed by atoms with Crippen LogP contribution in [0.15, 0.2) is 18.2 Å². The van der Waals surface area contributed by atoms with E-state index in [0.29, 0.717) is 23.0 Å². The van der Waals surface area contributed by atoms with Gasteiger partial charge in [0.15, 0.2) is 5.82 Å². The number of aryl methyl sites for hydroxylation is 1. The highest BCUT2D eigenvalue weighted by Crippen LogP contribution is 2.35. The van der Waals surface area contributed by atoms with Gasteiger partial charge in [0.25, 0.3) is 5.91 Å². The third kappa shape index (κ3) is 1.97. The third-order valence-corrected chi connectivity index (χ3v) is 2.90. The van der Waals surface area contributed by atoms with Gasteiger partial charge in [-0.1, -0.05) is 0 Å². The Morgan fingerprint density at radius 3 is 2.89 bits per heavy atom. The molecule has 0 bridgehead atoms. The van der Waals surface area contributed by atoms with Gasteiger partial charge >= 0.3 is 0 Å². The van der Waals surface area contributed by atoms with Gasteiger partial charge in [-0.3, -0.25) is 9.89 Å². The summed E-state index contributed by atoms with van der Waals surface area (Å²) in [4.78, 5) is 16.1. The Labute approximate surface area is 109 Å². The van der Waals surface area contributed by atoms with Crippen molar-refractivity contribution in [2.45, 2.75) is 6.92 Å². The van der Waals surface area contributed by atoms with E-state index in [1.165, 1.54) is 0 Å². The number of rotatable bonds is 2. The fourth-order valence-electron chi connectivity index (χ4n) is 1.99. The second-order valence-electron chi connectivity index (χ2n) is 4.20. The van der Waals surface area contributed by atoms with Gasteiger partial charge in [-0.25, -0.2) is 4.98 Å². The Hall–Kier alpha value is -2.63. The van der Waals surface area contributed by atoms with E-state index in [9.17, 15) is 4.79 Å². The average Bonchev–Trinajstić information content (AvgIpc) is 2.94. The maximum Gasteiger partial charge on any atom is 0.256 e. The largest absolute Gasteiger partial charge is 0.497 e. The zero-order valence-electron chi connectivity index (χ0n) is 10.5. The normalized spacial score (nSPS) is 15.5. The minimum Gasteiger partial charge on any atom is -0.497 e. The number of aromatic nitrogens is 3. The molecule has 96 valence electrons. The van der Waals surface area contributed by atoms with E-state index in [-0.39, 0.29) is 5.91 Å². The molecule has 0 fully saturated rings. The quantitative estimate of drug-likeness (QED) is 0.800. The van der Waals surface area contributed by atoms with Crippen LogP contribution < -0.4 is 10.1 Å². The summed E-state index contributed by atoms with van der Waals surface area (Å²) in [6, 6.07) is 5.44. The molecule has 0 radical (unpaired) electrons. The smallest absolute Gasteiger partial charge is 0.256 e. The second kappa shape index (κ2) is 4.24. The van der Waals surface area contributed by atoms with Gasteiger partial charge in [-0.15, -0.1) is 0 Å². The van der Waals surface area contributed by atoms with Gasteiger partial charge < -0.3 is 10.1 Å². The summed E-state index contributed by atoms with van der Waals surface area (Å²) in [6.07, 6.45) is 1.66. The molecule has 1 aliphatic heterocycles. The lowest BCUT2D eigenvalue weighted by atomic mass is 10.1. The Bertz CT molecular complexity index is 688. The molecule has 1 aromatic heterocycles. The fourth-order valence-corrected chi connectivity index (χ4v) is 1.99. The van der Waals surface area contributed by atoms with E-state index in [0.717, 1.165) is 11.3 Å². The van der Waals surface area contributed by atoms with Gasteiger partial charge in [-0.2, -0.15) is 5.10 Å². The summed E-state index contributed by atoms with van der Waals surface area (Å²) >= 11 is 0. The van der Waals surface area contributed by atoms with Crippen molar-refractivity contribution in [2.24, 2.45) is 0 Å². The van der Waals surface area contributed by atoms with Crippen molar-refractivity contribution in [3.63, 3.8) is 0 Å². The molecule has 6 heteroatoms. The van der Waals surface area contributed by atoms with Crippen LogP contribution in [0.1, 0.15) is 17.2 Å². The molecule has 0 unspecified atom stereocenters. The van der Waals surface area contributed by atoms with Gasteiger partial charge in [0.05, 0.1) is 12.7 Å². The molecule has 6 nitrogen and oxygen atoms in total. The minimum atomic E-state index is -0.161. The van der Waals surface area contributed by atoms with Crippen LogP contribution in [0, 0.1) is 6.92 Å². The van der Waals surface area contributed by atoms with Crippen molar-refractivity contribution in [1.29, 1.82) is 0 Å². The zero-order chi connectivity index (χ0) is 13.4. The summed E-state index contributed by atoms with van der Waals surface area (Å²) in [5.74, 6) is 1.73. The Kier molecular flexibility index (Phi) is 2.56. The number of H-pyrrole nitrogens is 1. The van der Waals surface area contributed by atoms with E-state index in [1.54, 1.807) is 26.2 Å². The highest BCUT2D eigenvalue weighted by atomic mass is 16.5. The molecule has 0 saturated heterocycles. The summed E-state index contributed by atoms with van der Waals surface area (Å²) < 4.78 is 5.17. The number of aromatic amines is 1. The number of hydrogen-bond donors (Lipinski definition) is 2. The standard InChI is InChI=1S/C13H12N4O2/c1-7-14-12(17-16-7)6-10-9-5-8(19-2)3-4-11(9)15-13(10)18/h3-6H,1-2H3,(H,15,18)(H,14,16,17)/b10-6-. The fraction of sp³-hybridized carbons (Fsp3) is 0.154. The van der Waals surface area contributed by atoms with Gasteiger partial charge in [-0.05, 0) is 31.2 Å². The van der Waals surface area contributed by atoms with Crippen LogP contribution in [-0.4, -0.2) is 28.2 Å². The Balaban J connectivity index is 2.08. The van der Waals surface area contributed by atoms with E-state index in [4.69, 9.17) is 4.74 Å².